The number of nitrogens with zero attached hydrogens (tertiary/aromatic N) is 1. The van der Waals surface area contributed by atoms with E-state index < -0.39 is 61.7 Å². The van der Waals surface area contributed by atoms with Gasteiger partial charge in [-0.15, -0.1) is 0 Å². The minimum absolute atomic E-state index is 0.115. The SMILES string of the molecule is C=C(C(F)N1CC(C(F)(F)F)CC(C(F)(F)F)C1)C(F)(F)F. The Morgan fingerprint density at radius 2 is 1.23 bits per heavy atom. The number of alkyl halides is 10. The molecule has 1 fully saturated rings. The molecule has 1 aliphatic heterocycles. The number of hydrogen-bond acceptors (Lipinski definition) is 1. The summed E-state index contributed by atoms with van der Waals surface area (Å²) in [5.41, 5.74) is -2.03. The van der Waals surface area contributed by atoms with Crippen molar-refractivity contribution in [1.29, 1.82) is 0 Å². The Morgan fingerprint density at radius 3 is 1.50 bits per heavy atom. The van der Waals surface area contributed by atoms with E-state index in [1.54, 1.807) is 0 Å². The maximum Gasteiger partial charge on any atom is 0.416 e. The fourth-order valence-corrected chi connectivity index (χ4v) is 2.15. The lowest BCUT2D eigenvalue weighted by Crippen LogP contribution is -2.53. The van der Waals surface area contributed by atoms with E-state index in [1.807, 2.05) is 0 Å². The van der Waals surface area contributed by atoms with Gasteiger partial charge in [0, 0.05) is 13.1 Å². The van der Waals surface area contributed by atoms with Gasteiger partial charge in [0.15, 0.2) is 6.30 Å². The zero-order valence-corrected chi connectivity index (χ0v) is 10.8. The molecule has 3 atom stereocenters. The molecule has 0 aromatic heterocycles. The third kappa shape index (κ3) is 4.50. The van der Waals surface area contributed by atoms with E-state index in [-0.39, 0.29) is 4.90 Å². The molecule has 1 nitrogen and oxygen atoms in total. The highest BCUT2D eigenvalue weighted by Gasteiger charge is 2.53. The van der Waals surface area contributed by atoms with Gasteiger partial charge in [-0.05, 0) is 6.42 Å². The molecule has 0 aliphatic carbocycles. The third-order valence-electron chi connectivity index (χ3n) is 3.38. The zero-order valence-electron chi connectivity index (χ0n) is 10.8. The predicted octanol–water partition coefficient (Wildman–Crippen LogP) is 4.46. The lowest BCUT2D eigenvalue weighted by atomic mass is 9.88. The van der Waals surface area contributed by atoms with E-state index in [4.69, 9.17) is 0 Å². The second-order valence-electron chi connectivity index (χ2n) is 5.03. The van der Waals surface area contributed by atoms with Gasteiger partial charge in [-0.25, -0.2) is 4.39 Å². The molecule has 0 spiro atoms. The van der Waals surface area contributed by atoms with Crippen LogP contribution in [-0.4, -0.2) is 42.8 Å². The van der Waals surface area contributed by atoms with E-state index in [2.05, 4.69) is 6.58 Å². The van der Waals surface area contributed by atoms with Crippen LogP contribution in [0.15, 0.2) is 12.2 Å². The second-order valence-corrected chi connectivity index (χ2v) is 5.03. The number of likely N-dealkylation sites (tertiary alicyclic amines) is 1. The highest BCUT2D eigenvalue weighted by molar-refractivity contribution is 5.09. The first-order chi connectivity index (χ1) is 9.64. The largest absolute Gasteiger partial charge is 0.416 e. The van der Waals surface area contributed by atoms with E-state index in [9.17, 15) is 43.9 Å². The quantitative estimate of drug-likeness (QED) is 0.405. The highest BCUT2D eigenvalue weighted by Crippen LogP contribution is 2.43. The molecule has 22 heavy (non-hydrogen) atoms. The molecule has 11 heteroatoms. The van der Waals surface area contributed by atoms with Gasteiger partial charge in [-0.3, -0.25) is 4.90 Å². The summed E-state index contributed by atoms with van der Waals surface area (Å²) in [7, 11) is 0. The fourth-order valence-electron chi connectivity index (χ4n) is 2.15. The van der Waals surface area contributed by atoms with Crippen molar-refractivity contribution in [2.45, 2.75) is 31.2 Å². The lowest BCUT2D eigenvalue weighted by molar-refractivity contribution is -0.236. The summed E-state index contributed by atoms with van der Waals surface area (Å²) in [4.78, 5) is -0.115. The molecule has 0 amide bonds. The van der Waals surface area contributed by atoms with Crippen LogP contribution in [0.2, 0.25) is 0 Å². The Balaban J connectivity index is 3.01. The molecule has 1 saturated heterocycles. The summed E-state index contributed by atoms with van der Waals surface area (Å²) in [6.45, 7) is -0.199. The first kappa shape index (κ1) is 19.0. The van der Waals surface area contributed by atoms with Crippen LogP contribution < -0.4 is 0 Å². The number of hydrogen-bond donors (Lipinski definition) is 0. The number of piperidine rings is 1. The Morgan fingerprint density at radius 1 is 0.864 bits per heavy atom. The van der Waals surface area contributed by atoms with Crippen LogP contribution in [0.4, 0.5) is 43.9 Å². The maximum atomic E-state index is 13.7. The Kier molecular flexibility index (Phi) is 5.10. The van der Waals surface area contributed by atoms with Crippen LogP contribution in [0.1, 0.15) is 6.42 Å². The lowest BCUT2D eigenvalue weighted by Gasteiger charge is -2.40. The Labute approximate surface area is 118 Å². The van der Waals surface area contributed by atoms with Gasteiger partial charge in [0.25, 0.3) is 0 Å². The molecule has 1 rings (SSSR count). The summed E-state index contributed by atoms with van der Waals surface area (Å²) in [6, 6.07) is 0. The van der Waals surface area contributed by atoms with Crippen molar-refractivity contribution in [1.82, 2.24) is 4.90 Å². The zero-order chi connectivity index (χ0) is 17.5. The van der Waals surface area contributed by atoms with Crippen LogP contribution in [0.25, 0.3) is 0 Å². The third-order valence-corrected chi connectivity index (χ3v) is 3.38. The average molecular weight is 347 g/mol. The topological polar surface area (TPSA) is 3.24 Å². The molecule has 0 aromatic carbocycles. The molecular weight excluding hydrogens is 336 g/mol. The second kappa shape index (κ2) is 5.89. The minimum Gasteiger partial charge on any atom is -0.269 e. The Hall–Kier alpha value is -1.00. The molecule has 0 aromatic rings. The average Bonchev–Trinajstić information content (AvgIpc) is 2.33. The minimum atomic E-state index is -5.25. The highest BCUT2D eigenvalue weighted by atomic mass is 19.4. The Bertz CT molecular complexity index is 385. The van der Waals surface area contributed by atoms with E-state index in [0.29, 0.717) is 0 Å². The molecule has 0 bridgehead atoms. The van der Waals surface area contributed by atoms with Crippen LogP contribution in [0.5, 0.6) is 0 Å². The van der Waals surface area contributed by atoms with Gasteiger partial charge in [-0.2, -0.15) is 39.5 Å². The molecule has 0 saturated carbocycles. The van der Waals surface area contributed by atoms with Crippen LogP contribution in [0.3, 0.4) is 0 Å². The van der Waals surface area contributed by atoms with Gasteiger partial charge >= 0.3 is 18.5 Å². The van der Waals surface area contributed by atoms with Gasteiger partial charge in [0.1, 0.15) is 0 Å². The van der Waals surface area contributed by atoms with E-state index >= 15 is 0 Å². The van der Waals surface area contributed by atoms with Crippen molar-refractivity contribution in [2.24, 2.45) is 11.8 Å². The molecule has 3 unspecified atom stereocenters. The summed E-state index contributed by atoms with van der Waals surface area (Å²) in [5, 5.41) is 0. The first-order valence-electron chi connectivity index (χ1n) is 5.91. The fraction of sp³-hybridized carbons (Fsp3) is 0.818. The van der Waals surface area contributed by atoms with Crippen molar-refractivity contribution >= 4 is 0 Å². The summed E-state index contributed by atoms with van der Waals surface area (Å²) < 4.78 is 126. The van der Waals surface area contributed by atoms with Crippen LogP contribution in [-0.2, 0) is 0 Å². The molecular formula is C11H11F10N. The van der Waals surface area contributed by atoms with Crippen LogP contribution in [0, 0.1) is 11.8 Å². The van der Waals surface area contributed by atoms with E-state index in [1.165, 1.54) is 0 Å². The van der Waals surface area contributed by atoms with Crippen LogP contribution >= 0.6 is 0 Å². The molecule has 1 aliphatic rings. The molecule has 1 heterocycles. The van der Waals surface area contributed by atoms with Gasteiger partial charge in [-0.1, -0.05) is 6.58 Å². The van der Waals surface area contributed by atoms with Crippen molar-refractivity contribution in [3.8, 4) is 0 Å². The van der Waals surface area contributed by atoms with Gasteiger partial charge in [0.05, 0.1) is 17.4 Å². The number of halogens is 10. The van der Waals surface area contributed by atoms with Gasteiger partial charge < -0.3 is 0 Å². The monoisotopic (exact) mass is 347 g/mol. The van der Waals surface area contributed by atoms with Crippen molar-refractivity contribution in [2.75, 3.05) is 13.1 Å². The van der Waals surface area contributed by atoms with Crippen molar-refractivity contribution in [3.63, 3.8) is 0 Å². The molecule has 0 N–H and O–H groups in total. The van der Waals surface area contributed by atoms with Gasteiger partial charge in [0.2, 0.25) is 0 Å². The van der Waals surface area contributed by atoms with Crippen molar-refractivity contribution < 1.29 is 43.9 Å². The summed E-state index contributed by atoms with van der Waals surface area (Å²) >= 11 is 0. The van der Waals surface area contributed by atoms with Crippen molar-refractivity contribution in [3.05, 3.63) is 12.2 Å². The molecule has 0 radical (unpaired) electrons. The molecule has 130 valence electrons. The smallest absolute Gasteiger partial charge is 0.269 e. The first-order valence-corrected chi connectivity index (χ1v) is 5.91. The summed E-state index contributed by atoms with van der Waals surface area (Å²) in [5.74, 6) is -5.13. The van der Waals surface area contributed by atoms with E-state index in [0.717, 1.165) is 0 Å². The normalized spacial score (nSPS) is 26.8. The maximum absolute atomic E-state index is 13.7. The standard InChI is InChI=1S/C11H11F10N/c1-5(9(13,14)15)8(12)22-3-6(10(16,17)18)2-7(4-22)11(19,20)21/h6-8H,1-4H2. The predicted molar refractivity (Wildman–Crippen MR) is 55.4 cm³/mol. The summed E-state index contributed by atoms with van der Waals surface area (Å²) in [6.07, 6.45) is -19.9. The number of rotatable bonds is 2.